The van der Waals surface area contributed by atoms with E-state index in [1.807, 2.05) is 0 Å². The molecule has 2 heterocycles. The van der Waals surface area contributed by atoms with Crippen LogP contribution in [0.5, 0.6) is 11.6 Å². The molecule has 0 amide bonds. The molecule has 1 aromatic rings. The van der Waals surface area contributed by atoms with Crippen molar-refractivity contribution in [3.8, 4) is 11.6 Å². The Labute approximate surface area is 65.9 Å². The predicted octanol–water partition coefficient (Wildman–Crippen LogP) is 0.985. The lowest BCUT2D eigenvalue weighted by molar-refractivity contribution is -0.287. The first-order valence-electron chi connectivity index (χ1n) is 3.08. The zero-order valence-corrected chi connectivity index (χ0v) is 5.75. The van der Waals surface area contributed by atoms with E-state index in [2.05, 4.69) is 14.5 Å². The van der Waals surface area contributed by atoms with Crippen molar-refractivity contribution in [3.05, 3.63) is 12.3 Å². The van der Waals surface area contributed by atoms with E-state index in [1.165, 1.54) is 12.3 Å². The van der Waals surface area contributed by atoms with E-state index in [-0.39, 0.29) is 17.3 Å². The molecule has 2 rings (SSSR count). The lowest BCUT2D eigenvalue weighted by Crippen LogP contribution is -2.26. The Morgan fingerprint density at radius 1 is 1.42 bits per heavy atom. The van der Waals surface area contributed by atoms with Crippen LogP contribution >= 0.6 is 0 Å². The molecule has 0 bridgehead atoms. The highest BCUT2D eigenvalue weighted by atomic mass is 19.3. The van der Waals surface area contributed by atoms with Crippen LogP contribution in [0.3, 0.4) is 0 Å². The van der Waals surface area contributed by atoms with Gasteiger partial charge in [0.2, 0.25) is 0 Å². The van der Waals surface area contributed by atoms with Gasteiger partial charge in [-0.05, 0) is 0 Å². The van der Waals surface area contributed by atoms with Gasteiger partial charge < -0.3 is 15.2 Å². The number of pyridine rings is 1. The van der Waals surface area contributed by atoms with Crippen LogP contribution in [0.4, 0.5) is 14.5 Å². The maximum absolute atomic E-state index is 12.3. The number of ether oxygens (including phenoxy) is 2. The molecule has 0 saturated heterocycles. The second-order valence-electron chi connectivity index (χ2n) is 2.24. The minimum Gasteiger partial charge on any atom is -0.397 e. The fourth-order valence-electron chi connectivity index (χ4n) is 0.858. The topological polar surface area (TPSA) is 57.4 Å². The fraction of sp³-hybridized carbons (Fsp3) is 0.167. The second kappa shape index (κ2) is 1.96. The third-order valence-corrected chi connectivity index (χ3v) is 1.28. The van der Waals surface area contributed by atoms with E-state index in [0.717, 1.165) is 0 Å². The van der Waals surface area contributed by atoms with Crippen molar-refractivity contribution in [1.29, 1.82) is 0 Å². The summed E-state index contributed by atoms with van der Waals surface area (Å²) in [6, 6.07) is 1.23. The molecule has 6 heteroatoms. The maximum atomic E-state index is 12.3. The summed E-state index contributed by atoms with van der Waals surface area (Å²) in [6.07, 6.45) is -2.41. The summed E-state index contributed by atoms with van der Waals surface area (Å²) in [6.45, 7) is 0. The van der Waals surface area contributed by atoms with Gasteiger partial charge in [-0.1, -0.05) is 0 Å². The summed E-state index contributed by atoms with van der Waals surface area (Å²) in [5.74, 6) is -0.380. The van der Waals surface area contributed by atoms with Crippen LogP contribution in [-0.2, 0) is 0 Å². The van der Waals surface area contributed by atoms with Gasteiger partial charge in [0, 0.05) is 6.07 Å². The Balaban J connectivity index is 2.43. The summed E-state index contributed by atoms with van der Waals surface area (Å²) >= 11 is 0. The summed E-state index contributed by atoms with van der Waals surface area (Å²) in [5, 5.41) is 0. The molecule has 1 aliphatic rings. The summed E-state index contributed by atoms with van der Waals surface area (Å²) in [7, 11) is 0. The normalized spacial score (nSPS) is 17.8. The number of aromatic nitrogens is 1. The molecule has 0 aliphatic carbocycles. The largest absolute Gasteiger partial charge is 0.587 e. The number of hydrogen-bond acceptors (Lipinski definition) is 4. The molecule has 0 fully saturated rings. The van der Waals surface area contributed by atoms with Gasteiger partial charge in [0.15, 0.2) is 5.75 Å². The van der Waals surface area contributed by atoms with Gasteiger partial charge in [-0.2, -0.15) is 0 Å². The van der Waals surface area contributed by atoms with Crippen LogP contribution in [0, 0.1) is 0 Å². The van der Waals surface area contributed by atoms with E-state index in [4.69, 9.17) is 5.73 Å². The molecular formula is C6H4F2N2O2. The molecular weight excluding hydrogens is 170 g/mol. The molecule has 4 nitrogen and oxygen atoms in total. The van der Waals surface area contributed by atoms with Crippen molar-refractivity contribution in [2.75, 3.05) is 5.73 Å². The summed E-state index contributed by atoms with van der Waals surface area (Å²) < 4.78 is 32.8. The van der Waals surface area contributed by atoms with Gasteiger partial charge in [-0.3, -0.25) is 0 Å². The molecule has 0 saturated carbocycles. The van der Waals surface area contributed by atoms with Crippen molar-refractivity contribution >= 4 is 5.69 Å². The molecule has 1 aliphatic heterocycles. The molecule has 0 radical (unpaired) electrons. The SMILES string of the molecule is Nc1cnc2c(c1)OC(F)(F)O2. The quantitative estimate of drug-likeness (QED) is 0.637. The standard InChI is InChI=1S/C6H4F2N2O2/c7-6(8)11-4-1-3(9)2-10-5(4)12-6/h1-2H,9H2. The smallest absolute Gasteiger partial charge is 0.397 e. The van der Waals surface area contributed by atoms with Crippen LogP contribution in [0.1, 0.15) is 0 Å². The van der Waals surface area contributed by atoms with Crippen LogP contribution < -0.4 is 15.2 Å². The van der Waals surface area contributed by atoms with Gasteiger partial charge in [0.05, 0.1) is 11.9 Å². The number of rotatable bonds is 0. The van der Waals surface area contributed by atoms with Gasteiger partial charge in [0.25, 0.3) is 5.88 Å². The third kappa shape index (κ3) is 1.01. The average Bonchev–Trinajstić information content (AvgIpc) is 2.21. The maximum Gasteiger partial charge on any atom is 0.587 e. The Bertz CT molecular complexity index is 329. The third-order valence-electron chi connectivity index (χ3n) is 1.28. The second-order valence-corrected chi connectivity index (χ2v) is 2.24. The van der Waals surface area contributed by atoms with E-state index in [9.17, 15) is 8.78 Å². The van der Waals surface area contributed by atoms with Crippen LogP contribution in [0.2, 0.25) is 0 Å². The van der Waals surface area contributed by atoms with E-state index in [1.54, 1.807) is 0 Å². The number of anilines is 1. The zero-order valence-electron chi connectivity index (χ0n) is 5.75. The van der Waals surface area contributed by atoms with Crippen molar-refractivity contribution < 1.29 is 18.3 Å². The highest BCUT2D eigenvalue weighted by Crippen LogP contribution is 2.39. The van der Waals surface area contributed by atoms with E-state index < -0.39 is 6.29 Å². The predicted molar refractivity (Wildman–Crippen MR) is 34.9 cm³/mol. The number of halogens is 2. The molecule has 12 heavy (non-hydrogen) atoms. The fourth-order valence-corrected chi connectivity index (χ4v) is 0.858. The number of nitrogens with two attached hydrogens (primary N) is 1. The number of fused-ring (bicyclic) bond motifs is 1. The number of nitrogen functional groups attached to an aromatic ring is 1. The van der Waals surface area contributed by atoms with Crippen molar-refractivity contribution in [2.45, 2.75) is 6.29 Å². The van der Waals surface area contributed by atoms with Gasteiger partial charge in [0.1, 0.15) is 0 Å². The van der Waals surface area contributed by atoms with Gasteiger partial charge in [-0.25, -0.2) is 4.98 Å². The summed E-state index contributed by atoms with van der Waals surface area (Å²) in [4.78, 5) is 3.50. The number of alkyl halides is 2. The average molecular weight is 174 g/mol. The van der Waals surface area contributed by atoms with Crippen LogP contribution in [-0.4, -0.2) is 11.3 Å². The zero-order chi connectivity index (χ0) is 8.77. The van der Waals surface area contributed by atoms with E-state index in [0.29, 0.717) is 0 Å². The lowest BCUT2D eigenvalue weighted by Gasteiger charge is -2.03. The first-order valence-corrected chi connectivity index (χ1v) is 3.08. The Kier molecular flexibility index (Phi) is 1.16. The van der Waals surface area contributed by atoms with Gasteiger partial charge in [-0.15, -0.1) is 8.78 Å². The molecule has 0 spiro atoms. The van der Waals surface area contributed by atoms with E-state index >= 15 is 0 Å². The van der Waals surface area contributed by atoms with Crippen molar-refractivity contribution in [3.63, 3.8) is 0 Å². The molecule has 0 atom stereocenters. The lowest BCUT2D eigenvalue weighted by atomic mass is 10.4. The Morgan fingerprint density at radius 3 is 2.92 bits per heavy atom. The number of nitrogens with zero attached hydrogens (tertiary/aromatic N) is 1. The molecule has 0 unspecified atom stereocenters. The minimum atomic E-state index is -3.62. The first-order chi connectivity index (χ1) is 5.57. The monoisotopic (exact) mass is 174 g/mol. The Morgan fingerprint density at radius 2 is 2.17 bits per heavy atom. The summed E-state index contributed by atoms with van der Waals surface area (Å²) in [5.41, 5.74) is 5.52. The molecule has 64 valence electrons. The molecule has 0 aromatic carbocycles. The molecule has 1 aromatic heterocycles. The van der Waals surface area contributed by atoms with Gasteiger partial charge >= 0.3 is 6.29 Å². The van der Waals surface area contributed by atoms with Crippen molar-refractivity contribution in [2.24, 2.45) is 0 Å². The highest BCUT2D eigenvalue weighted by molar-refractivity contribution is 5.48. The Hall–Kier alpha value is -1.59. The van der Waals surface area contributed by atoms with Crippen molar-refractivity contribution in [1.82, 2.24) is 4.98 Å². The highest BCUT2D eigenvalue weighted by Gasteiger charge is 2.44. The number of hydrogen-bond donors (Lipinski definition) is 1. The van der Waals surface area contributed by atoms with Crippen LogP contribution in [0.15, 0.2) is 12.3 Å². The first kappa shape index (κ1) is 7.08. The minimum absolute atomic E-state index is 0.139. The van der Waals surface area contributed by atoms with Crippen LogP contribution in [0.25, 0.3) is 0 Å². The molecule has 2 N–H and O–H groups in total.